The van der Waals surface area contributed by atoms with Gasteiger partial charge in [-0.3, -0.25) is 14.2 Å². The molecule has 30 heavy (non-hydrogen) atoms. The highest BCUT2D eigenvalue weighted by molar-refractivity contribution is 5.93. The summed E-state index contributed by atoms with van der Waals surface area (Å²) in [5, 5.41) is 2.72. The molecule has 0 radical (unpaired) electrons. The second kappa shape index (κ2) is 7.69. The van der Waals surface area contributed by atoms with Crippen molar-refractivity contribution in [3.63, 3.8) is 0 Å². The summed E-state index contributed by atoms with van der Waals surface area (Å²) in [6.07, 6.45) is 5.76. The maximum absolute atomic E-state index is 14.1. The minimum Gasteiger partial charge on any atom is -0.338 e. The van der Waals surface area contributed by atoms with E-state index in [-0.39, 0.29) is 5.56 Å². The molecule has 0 spiro atoms. The van der Waals surface area contributed by atoms with Crippen molar-refractivity contribution in [3.8, 4) is 11.4 Å². The van der Waals surface area contributed by atoms with Crippen molar-refractivity contribution in [2.75, 3.05) is 0 Å². The lowest BCUT2D eigenvalue weighted by molar-refractivity contribution is 0.0883. The molecule has 0 saturated heterocycles. The number of fused-ring (bicyclic) bond motifs is 1. The first-order chi connectivity index (χ1) is 14.4. The second-order valence-corrected chi connectivity index (χ2v) is 7.25. The largest absolute Gasteiger partial charge is 0.338 e. The van der Waals surface area contributed by atoms with Crippen LogP contribution in [0.3, 0.4) is 0 Å². The van der Waals surface area contributed by atoms with E-state index in [1.807, 2.05) is 0 Å². The number of amides is 1. The van der Waals surface area contributed by atoms with Crippen molar-refractivity contribution in [1.82, 2.24) is 29.8 Å². The summed E-state index contributed by atoms with van der Waals surface area (Å²) in [6, 6.07) is 3.84. The molecule has 4 heterocycles. The summed E-state index contributed by atoms with van der Waals surface area (Å²) in [7, 11) is 0. The molecule has 1 aliphatic heterocycles. The fraction of sp³-hybridized carbons (Fsp3) is 0.300. The van der Waals surface area contributed by atoms with Crippen molar-refractivity contribution < 1.29 is 13.6 Å². The fourth-order valence-electron chi connectivity index (χ4n) is 3.58. The van der Waals surface area contributed by atoms with Crippen LogP contribution in [-0.4, -0.2) is 30.4 Å². The van der Waals surface area contributed by atoms with Gasteiger partial charge < -0.3 is 5.32 Å². The number of hydrogen-bond donors (Lipinski definition) is 1. The average molecular weight is 412 g/mol. The Morgan fingerprint density at radius 1 is 1.17 bits per heavy atom. The predicted octanol–water partition coefficient (Wildman–Crippen LogP) is 2.20. The number of nitrogens with zero attached hydrogens (tertiary/aromatic N) is 5. The Morgan fingerprint density at radius 3 is 2.77 bits per heavy atom. The Balaban J connectivity index is 1.79. The molecule has 1 atom stereocenters. The third-order valence-corrected chi connectivity index (χ3v) is 5.10. The van der Waals surface area contributed by atoms with Gasteiger partial charge in [0, 0.05) is 25.0 Å². The van der Waals surface area contributed by atoms with Gasteiger partial charge in [0.2, 0.25) is 0 Å². The van der Waals surface area contributed by atoms with Crippen LogP contribution in [0.15, 0.2) is 41.7 Å². The van der Waals surface area contributed by atoms with E-state index in [1.54, 1.807) is 13.0 Å². The Morgan fingerprint density at radius 2 is 2.00 bits per heavy atom. The molecular formula is C20H18F2N6O2. The smallest absolute Gasteiger partial charge is 0.273 e. The number of pyridine rings is 1. The molecule has 3 aromatic rings. The molecule has 1 amide bonds. The molecule has 10 heteroatoms. The molecule has 1 aliphatic rings. The predicted molar refractivity (Wildman–Crippen MR) is 102 cm³/mol. The summed E-state index contributed by atoms with van der Waals surface area (Å²) < 4.78 is 29.1. The first-order valence-electron chi connectivity index (χ1n) is 9.40. The summed E-state index contributed by atoms with van der Waals surface area (Å²) in [5.74, 6) is -3.05. The van der Waals surface area contributed by atoms with Gasteiger partial charge in [0.1, 0.15) is 12.2 Å². The summed E-state index contributed by atoms with van der Waals surface area (Å²) >= 11 is 0. The first-order valence-corrected chi connectivity index (χ1v) is 9.40. The maximum Gasteiger partial charge on any atom is 0.273 e. The van der Waals surface area contributed by atoms with Crippen molar-refractivity contribution in [1.29, 1.82) is 0 Å². The summed E-state index contributed by atoms with van der Waals surface area (Å²) in [4.78, 5) is 41.8. The highest BCUT2D eigenvalue weighted by Gasteiger charge is 2.36. The van der Waals surface area contributed by atoms with Gasteiger partial charge in [-0.25, -0.2) is 28.7 Å². The van der Waals surface area contributed by atoms with Crippen LogP contribution in [-0.2, 0) is 12.1 Å². The van der Waals surface area contributed by atoms with Gasteiger partial charge in [0.25, 0.3) is 11.5 Å². The zero-order valence-electron chi connectivity index (χ0n) is 16.1. The van der Waals surface area contributed by atoms with Gasteiger partial charge in [0.15, 0.2) is 17.3 Å². The van der Waals surface area contributed by atoms with Crippen LogP contribution >= 0.6 is 0 Å². The van der Waals surface area contributed by atoms with Gasteiger partial charge >= 0.3 is 0 Å². The van der Waals surface area contributed by atoms with Gasteiger partial charge in [-0.05, 0) is 38.3 Å². The lowest BCUT2D eigenvalue weighted by Crippen LogP contribution is -2.47. The maximum atomic E-state index is 14.1. The van der Waals surface area contributed by atoms with E-state index in [4.69, 9.17) is 0 Å². The standard InChI is InChI=1S/C20H18F2N6O2/c1-20(27-18(30)17-16(22)12(21)4-8-24-17)6-2-3-9-28-15(29)10-14(26-19(20)28)13-5-7-23-11-25-13/h4-5,7-8,10-11H,2-3,6,9H2,1H3,(H,27,30)/t20-/m0/s1. The average Bonchev–Trinajstić information content (AvgIpc) is 2.90. The zero-order chi connectivity index (χ0) is 21.3. The van der Waals surface area contributed by atoms with Gasteiger partial charge in [-0.15, -0.1) is 0 Å². The van der Waals surface area contributed by atoms with E-state index in [1.165, 1.54) is 23.2 Å². The molecule has 1 N–H and O–H groups in total. The molecule has 0 aromatic carbocycles. The molecule has 0 bridgehead atoms. The molecule has 8 nitrogen and oxygen atoms in total. The van der Waals surface area contributed by atoms with Crippen molar-refractivity contribution in [3.05, 3.63) is 70.4 Å². The number of halogens is 2. The van der Waals surface area contributed by atoms with Gasteiger partial charge in [-0.1, -0.05) is 0 Å². The highest BCUT2D eigenvalue weighted by Crippen LogP contribution is 2.30. The van der Waals surface area contributed by atoms with Crippen LogP contribution in [0.5, 0.6) is 0 Å². The monoisotopic (exact) mass is 412 g/mol. The lowest BCUT2D eigenvalue weighted by atomic mass is 9.94. The molecule has 0 aliphatic carbocycles. The Labute approximate surface area is 170 Å². The van der Waals surface area contributed by atoms with Crippen molar-refractivity contribution in [2.24, 2.45) is 0 Å². The van der Waals surface area contributed by atoms with Crippen molar-refractivity contribution >= 4 is 5.91 Å². The van der Waals surface area contributed by atoms with Crippen LogP contribution < -0.4 is 10.9 Å². The quantitative estimate of drug-likeness (QED) is 0.708. The van der Waals surface area contributed by atoms with E-state index in [2.05, 4.69) is 25.3 Å². The molecule has 3 aromatic heterocycles. The second-order valence-electron chi connectivity index (χ2n) is 7.25. The van der Waals surface area contributed by atoms with Gasteiger partial charge in [-0.2, -0.15) is 0 Å². The number of carbonyl (C=O) groups is 1. The van der Waals surface area contributed by atoms with Crippen molar-refractivity contribution in [2.45, 2.75) is 38.3 Å². The van der Waals surface area contributed by atoms with Crippen LogP contribution in [0.1, 0.15) is 42.5 Å². The number of rotatable bonds is 3. The highest BCUT2D eigenvalue weighted by atomic mass is 19.2. The van der Waals surface area contributed by atoms with E-state index in [0.29, 0.717) is 43.0 Å². The van der Waals surface area contributed by atoms with Crippen LogP contribution in [0.4, 0.5) is 8.78 Å². The number of hydrogen-bond acceptors (Lipinski definition) is 6. The molecule has 0 fully saturated rings. The van der Waals surface area contributed by atoms with E-state index in [9.17, 15) is 18.4 Å². The molecule has 0 saturated carbocycles. The molecular weight excluding hydrogens is 394 g/mol. The summed E-state index contributed by atoms with van der Waals surface area (Å²) in [5.41, 5.74) is -1.24. The topological polar surface area (TPSA) is 103 Å². The van der Waals surface area contributed by atoms with E-state index < -0.39 is 28.8 Å². The Kier molecular flexibility index (Phi) is 5.06. The van der Waals surface area contributed by atoms with Crippen LogP contribution in [0, 0.1) is 11.6 Å². The van der Waals surface area contributed by atoms with E-state index in [0.717, 1.165) is 12.3 Å². The van der Waals surface area contributed by atoms with Crippen LogP contribution in [0.25, 0.3) is 11.4 Å². The third-order valence-electron chi connectivity index (χ3n) is 5.10. The third kappa shape index (κ3) is 3.56. The minimum atomic E-state index is -1.33. The Hall–Kier alpha value is -3.56. The van der Waals surface area contributed by atoms with Crippen LogP contribution in [0.2, 0.25) is 0 Å². The van der Waals surface area contributed by atoms with Gasteiger partial charge in [0.05, 0.1) is 16.9 Å². The minimum absolute atomic E-state index is 0.286. The molecule has 4 rings (SSSR count). The lowest BCUT2D eigenvalue weighted by Gasteiger charge is -2.30. The molecule has 154 valence electrons. The summed E-state index contributed by atoms with van der Waals surface area (Å²) in [6.45, 7) is 2.14. The van der Waals surface area contributed by atoms with E-state index >= 15 is 0 Å². The first kappa shape index (κ1) is 19.7. The number of nitrogens with one attached hydrogen (secondary N) is 1. The SMILES string of the molecule is C[C@]1(NC(=O)c2nccc(F)c2F)CCCCn2c1nc(-c1ccncn1)cc2=O. The fourth-order valence-corrected chi connectivity index (χ4v) is 3.58. The zero-order valence-corrected chi connectivity index (χ0v) is 16.1. The normalized spacial score (nSPS) is 18.4. The number of aromatic nitrogens is 5. The molecule has 0 unspecified atom stereocenters. The number of carbonyl (C=O) groups excluding carboxylic acids is 1. The Bertz CT molecular complexity index is 1170.